The molecular weight excluding hydrogens is 421 g/mol. The van der Waals surface area contributed by atoms with Gasteiger partial charge in [0.05, 0.1) is 11.9 Å². The summed E-state index contributed by atoms with van der Waals surface area (Å²) in [5.41, 5.74) is 2.51. The van der Waals surface area contributed by atoms with Gasteiger partial charge >= 0.3 is 11.9 Å². The molecule has 1 atom stereocenters. The SMILES string of the molecule is Cc1nonc1CN1CCN([C@@H](C(=O)O)c2cn(CCC(=O)O)c3cc(F)ccc23)CC1. The molecule has 3 heterocycles. The van der Waals surface area contributed by atoms with E-state index in [0.717, 1.165) is 11.4 Å². The van der Waals surface area contributed by atoms with E-state index in [2.05, 4.69) is 15.2 Å². The third-order valence-corrected chi connectivity index (χ3v) is 5.86. The van der Waals surface area contributed by atoms with Gasteiger partial charge in [0.1, 0.15) is 23.2 Å². The third kappa shape index (κ3) is 4.48. The Kier molecular flexibility index (Phi) is 6.19. The first-order valence-electron chi connectivity index (χ1n) is 10.3. The lowest BCUT2D eigenvalue weighted by Gasteiger charge is -2.37. The highest BCUT2D eigenvalue weighted by Crippen LogP contribution is 2.32. The highest BCUT2D eigenvalue weighted by atomic mass is 19.1. The molecule has 4 rings (SSSR count). The molecule has 1 saturated heterocycles. The monoisotopic (exact) mass is 445 g/mol. The topological polar surface area (TPSA) is 125 Å². The van der Waals surface area contributed by atoms with Gasteiger partial charge in [0, 0.05) is 56.4 Å². The molecule has 1 aromatic carbocycles. The molecule has 2 aromatic heterocycles. The molecule has 170 valence electrons. The largest absolute Gasteiger partial charge is 0.481 e. The van der Waals surface area contributed by atoms with Crippen molar-refractivity contribution >= 4 is 22.8 Å². The molecule has 0 unspecified atom stereocenters. The van der Waals surface area contributed by atoms with Crippen LogP contribution in [-0.4, -0.2) is 73.0 Å². The number of aryl methyl sites for hydroxylation is 2. The molecule has 1 fully saturated rings. The maximum atomic E-state index is 13.9. The van der Waals surface area contributed by atoms with Crippen LogP contribution >= 0.6 is 0 Å². The van der Waals surface area contributed by atoms with E-state index in [1.165, 1.54) is 12.1 Å². The summed E-state index contributed by atoms with van der Waals surface area (Å²) in [4.78, 5) is 27.4. The number of halogens is 1. The second kappa shape index (κ2) is 9.05. The molecule has 32 heavy (non-hydrogen) atoms. The molecule has 11 heteroatoms. The number of carbonyl (C=O) groups is 2. The second-order valence-corrected chi connectivity index (χ2v) is 7.93. The molecule has 1 aliphatic rings. The van der Waals surface area contributed by atoms with Crippen LogP contribution in [0.4, 0.5) is 4.39 Å². The predicted octanol–water partition coefficient (Wildman–Crippen LogP) is 1.89. The van der Waals surface area contributed by atoms with E-state index in [1.807, 2.05) is 11.8 Å². The maximum Gasteiger partial charge on any atom is 0.325 e. The first kappa shape index (κ1) is 21.9. The molecule has 0 radical (unpaired) electrons. The van der Waals surface area contributed by atoms with Crippen molar-refractivity contribution in [2.45, 2.75) is 32.5 Å². The lowest BCUT2D eigenvalue weighted by molar-refractivity contribution is -0.144. The minimum Gasteiger partial charge on any atom is -0.481 e. The van der Waals surface area contributed by atoms with Crippen LogP contribution in [0.25, 0.3) is 10.9 Å². The van der Waals surface area contributed by atoms with Gasteiger partial charge in [0.25, 0.3) is 0 Å². The summed E-state index contributed by atoms with van der Waals surface area (Å²) in [6.07, 6.45) is 1.50. The Labute approximate surface area is 182 Å². The van der Waals surface area contributed by atoms with Crippen molar-refractivity contribution in [2.24, 2.45) is 0 Å². The molecule has 2 N–H and O–H groups in total. The second-order valence-electron chi connectivity index (χ2n) is 7.93. The summed E-state index contributed by atoms with van der Waals surface area (Å²) in [5, 5.41) is 27.4. The Morgan fingerprint density at radius 3 is 2.56 bits per heavy atom. The molecule has 1 aliphatic heterocycles. The zero-order valence-electron chi connectivity index (χ0n) is 17.6. The fraction of sp³-hybridized carbons (Fsp3) is 0.429. The normalized spacial score (nSPS) is 16.4. The van der Waals surface area contributed by atoms with Gasteiger partial charge < -0.3 is 14.8 Å². The van der Waals surface area contributed by atoms with Crippen LogP contribution in [-0.2, 0) is 22.7 Å². The van der Waals surface area contributed by atoms with Crippen LogP contribution in [0.5, 0.6) is 0 Å². The van der Waals surface area contributed by atoms with Gasteiger partial charge in [-0.3, -0.25) is 19.4 Å². The van der Waals surface area contributed by atoms with E-state index in [9.17, 15) is 19.1 Å². The van der Waals surface area contributed by atoms with Crippen LogP contribution in [0, 0.1) is 12.7 Å². The van der Waals surface area contributed by atoms with E-state index in [0.29, 0.717) is 49.2 Å². The quantitative estimate of drug-likeness (QED) is 0.535. The Morgan fingerprint density at radius 2 is 1.94 bits per heavy atom. The van der Waals surface area contributed by atoms with Crippen LogP contribution in [0.15, 0.2) is 29.0 Å². The number of hydrogen-bond donors (Lipinski definition) is 2. The van der Waals surface area contributed by atoms with Gasteiger partial charge in [0.15, 0.2) is 0 Å². The average molecular weight is 445 g/mol. The molecular formula is C21H24FN5O5. The summed E-state index contributed by atoms with van der Waals surface area (Å²) in [6, 6.07) is 3.24. The molecule has 0 aliphatic carbocycles. The van der Waals surface area contributed by atoms with E-state index in [-0.39, 0.29) is 13.0 Å². The first-order chi connectivity index (χ1) is 15.3. The fourth-order valence-corrected chi connectivity index (χ4v) is 4.18. The number of aliphatic carboxylic acids is 2. The van der Waals surface area contributed by atoms with Crippen LogP contribution in [0.2, 0.25) is 0 Å². The minimum atomic E-state index is -1.00. The van der Waals surface area contributed by atoms with E-state index < -0.39 is 23.8 Å². The lowest BCUT2D eigenvalue weighted by atomic mass is 10.0. The lowest BCUT2D eigenvalue weighted by Crippen LogP contribution is -2.48. The average Bonchev–Trinajstić information content (AvgIpc) is 3.31. The Balaban J connectivity index is 1.57. The van der Waals surface area contributed by atoms with Crippen molar-refractivity contribution in [1.82, 2.24) is 24.7 Å². The zero-order chi connectivity index (χ0) is 22.8. The summed E-state index contributed by atoms with van der Waals surface area (Å²) >= 11 is 0. The molecule has 0 spiro atoms. The molecule has 10 nitrogen and oxygen atoms in total. The smallest absolute Gasteiger partial charge is 0.325 e. The number of rotatable bonds is 8. The van der Waals surface area contributed by atoms with Gasteiger partial charge in [-0.2, -0.15) is 0 Å². The van der Waals surface area contributed by atoms with Crippen molar-refractivity contribution in [2.75, 3.05) is 26.2 Å². The van der Waals surface area contributed by atoms with Crippen molar-refractivity contribution in [3.8, 4) is 0 Å². The molecule has 0 bridgehead atoms. The molecule has 3 aromatic rings. The number of piperazine rings is 1. The number of carboxylic acids is 2. The Hall–Kier alpha value is -3.31. The molecule has 0 saturated carbocycles. The number of fused-ring (bicyclic) bond motifs is 1. The highest BCUT2D eigenvalue weighted by Gasteiger charge is 2.33. The van der Waals surface area contributed by atoms with Gasteiger partial charge in [-0.25, -0.2) is 9.02 Å². The van der Waals surface area contributed by atoms with E-state index in [1.54, 1.807) is 16.8 Å². The van der Waals surface area contributed by atoms with Crippen molar-refractivity contribution < 1.29 is 28.8 Å². The number of nitrogens with zero attached hydrogens (tertiary/aromatic N) is 5. The fourth-order valence-electron chi connectivity index (χ4n) is 4.18. The van der Waals surface area contributed by atoms with Gasteiger partial charge in [-0.15, -0.1) is 0 Å². The van der Waals surface area contributed by atoms with Crippen molar-refractivity contribution in [1.29, 1.82) is 0 Å². The standard InChI is InChI=1S/C21H24FN5O5/c1-13-17(24-32-23-13)12-25-6-8-26(9-7-25)20(21(30)31)16-11-27(5-4-19(28)29)18-10-14(22)2-3-15(16)18/h2-3,10-11,20H,4-9,12H2,1H3,(H,28,29)(H,30,31)/t20-/m1/s1. The van der Waals surface area contributed by atoms with Crippen LogP contribution in [0.1, 0.15) is 29.4 Å². The Morgan fingerprint density at radius 1 is 1.19 bits per heavy atom. The highest BCUT2D eigenvalue weighted by molar-refractivity contribution is 5.90. The number of hydrogen-bond acceptors (Lipinski definition) is 7. The number of benzene rings is 1. The van der Waals surface area contributed by atoms with Gasteiger partial charge in [0.2, 0.25) is 0 Å². The van der Waals surface area contributed by atoms with Crippen molar-refractivity contribution in [3.05, 3.63) is 47.2 Å². The van der Waals surface area contributed by atoms with Gasteiger partial charge in [-0.05, 0) is 25.1 Å². The zero-order valence-corrected chi connectivity index (χ0v) is 17.6. The maximum absolute atomic E-state index is 13.9. The van der Waals surface area contributed by atoms with E-state index in [4.69, 9.17) is 9.74 Å². The summed E-state index contributed by atoms with van der Waals surface area (Å²) in [5.74, 6) is -2.44. The van der Waals surface area contributed by atoms with Crippen LogP contribution < -0.4 is 0 Å². The van der Waals surface area contributed by atoms with E-state index >= 15 is 0 Å². The van der Waals surface area contributed by atoms with Gasteiger partial charge in [-0.1, -0.05) is 10.3 Å². The number of aromatic nitrogens is 3. The minimum absolute atomic E-state index is 0.125. The predicted molar refractivity (Wildman–Crippen MR) is 110 cm³/mol. The summed E-state index contributed by atoms with van der Waals surface area (Å²) < 4.78 is 20.2. The first-order valence-corrected chi connectivity index (χ1v) is 10.3. The van der Waals surface area contributed by atoms with Crippen LogP contribution in [0.3, 0.4) is 0 Å². The summed E-state index contributed by atoms with van der Waals surface area (Å²) in [7, 11) is 0. The Bertz CT molecular complexity index is 1140. The van der Waals surface area contributed by atoms with Crippen molar-refractivity contribution in [3.63, 3.8) is 0 Å². The number of carboxylic acid groups (broad SMARTS) is 2. The summed E-state index contributed by atoms with van der Waals surface area (Å²) in [6.45, 7) is 4.85. The third-order valence-electron chi connectivity index (χ3n) is 5.86. The molecule has 0 amide bonds.